The van der Waals surface area contributed by atoms with E-state index in [9.17, 15) is 0 Å². The summed E-state index contributed by atoms with van der Waals surface area (Å²) in [4.78, 5) is 0. The van der Waals surface area contributed by atoms with Crippen molar-refractivity contribution in [1.82, 2.24) is 0 Å². The lowest BCUT2D eigenvalue weighted by molar-refractivity contribution is 0.0440. The van der Waals surface area contributed by atoms with Gasteiger partial charge in [-0.15, -0.1) is 0 Å². The van der Waals surface area contributed by atoms with Crippen molar-refractivity contribution in [2.45, 2.75) is 89.8 Å². The van der Waals surface area contributed by atoms with Gasteiger partial charge in [-0.25, -0.2) is 0 Å². The zero-order valence-corrected chi connectivity index (χ0v) is 19.3. The Morgan fingerprint density at radius 2 is 1.12 bits per heavy atom. The molecule has 3 rings (SSSR count). The molecule has 2 atom stereocenters. The maximum Gasteiger partial charge on any atom is 0.481 e. The van der Waals surface area contributed by atoms with Gasteiger partial charge < -0.3 is 25.3 Å². The average molecular weight is 407 g/mol. The minimum absolute atomic E-state index is 0.243. The third-order valence-corrected chi connectivity index (χ3v) is 16.7. The van der Waals surface area contributed by atoms with Crippen LogP contribution in [0, 0.1) is 0 Å². The molecule has 10 heteroatoms. The monoisotopic (exact) mass is 406 g/mol. The van der Waals surface area contributed by atoms with E-state index in [0.717, 1.165) is 25.7 Å². The number of rotatable bonds is 4. The highest BCUT2D eigenvalue weighted by Crippen LogP contribution is 2.32. The lowest BCUT2D eigenvalue weighted by atomic mass is 10.3. The van der Waals surface area contributed by atoms with Gasteiger partial charge in [0.1, 0.15) is 0 Å². The second kappa shape index (κ2) is 8.11. The topological polar surface area (TPSA) is 55.4 Å². The summed E-state index contributed by atoms with van der Waals surface area (Å²) in [6.07, 6.45) is 9.74. The summed E-state index contributed by atoms with van der Waals surface area (Å²) in [5.74, 6) is 0. The minimum atomic E-state index is -2.84. The maximum absolute atomic E-state index is 6.49. The van der Waals surface area contributed by atoms with Crippen LogP contribution in [0.1, 0.15) is 51.4 Å². The van der Waals surface area contributed by atoms with Crippen LogP contribution < -0.4 is 0 Å². The summed E-state index contributed by atoms with van der Waals surface area (Å²) in [5.41, 5.74) is 0. The summed E-state index contributed by atoms with van der Waals surface area (Å²) >= 11 is 0. The third-order valence-electron chi connectivity index (χ3n) is 4.68. The molecule has 0 aromatic heterocycles. The lowest BCUT2D eigenvalue weighted by Gasteiger charge is -2.41. The molecule has 0 bridgehead atoms. The summed E-state index contributed by atoms with van der Waals surface area (Å²) < 4.78 is 37.7. The summed E-state index contributed by atoms with van der Waals surface area (Å²) in [7, 11) is -8.52. The molecular formula is C14H30O6Si4. The standard InChI is InChI=1S/C14H30O6Si4/c1-21-17-22(2)19-24(4,16-14-11-7-8-12-14)20-23(3,18-21)15-13-9-5-6-10-13/h13-14H,5-12H2,1-4H3. The van der Waals surface area contributed by atoms with Crippen LogP contribution in [0.3, 0.4) is 0 Å². The first-order valence-corrected chi connectivity index (χ1v) is 17.2. The van der Waals surface area contributed by atoms with Crippen molar-refractivity contribution in [1.29, 1.82) is 0 Å². The van der Waals surface area contributed by atoms with Crippen LogP contribution in [0.15, 0.2) is 0 Å². The van der Waals surface area contributed by atoms with Gasteiger partial charge in [-0.2, -0.15) is 0 Å². The van der Waals surface area contributed by atoms with Crippen molar-refractivity contribution in [2.75, 3.05) is 0 Å². The maximum atomic E-state index is 6.49. The van der Waals surface area contributed by atoms with E-state index in [2.05, 4.69) is 0 Å². The van der Waals surface area contributed by atoms with Crippen LogP contribution in [0.5, 0.6) is 0 Å². The summed E-state index contributed by atoms with van der Waals surface area (Å²) in [5, 5.41) is 0. The molecule has 6 nitrogen and oxygen atoms in total. The largest absolute Gasteiger partial charge is 0.481 e. The molecule has 1 heterocycles. The molecule has 24 heavy (non-hydrogen) atoms. The van der Waals surface area contributed by atoms with Crippen LogP contribution in [0.2, 0.25) is 26.2 Å². The van der Waals surface area contributed by atoms with Crippen LogP contribution in [0.4, 0.5) is 0 Å². The fourth-order valence-electron chi connectivity index (χ4n) is 3.86. The van der Waals surface area contributed by atoms with Gasteiger partial charge >= 0.3 is 36.2 Å². The molecule has 2 radical (unpaired) electrons. The first kappa shape index (κ1) is 19.4. The van der Waals surface area contributed by atoms with Crippen LogP contribution in [0.25, 0.3) is 0 Å². The predicted octanol–water partition coefficient (Wildman–Crippen LogP) is 3.36. The van der Waals surface area contributed by atoms with Crippen molar-refractivity contribution in [3.63, 3.8) is 0 Å². The van der Waals surface area contributed by atoms with E-state index >= 15 is 0 Å². The Morgan fingerprint density at radius 1 is 0.750 bits per heavy atom. The molecule has 2 aliphatic carbocycles. The first-order chi connectivity index (χ1) is 11.4. The minimum Gasteiger partial charge on any atom is -0.414 e. The normalized spacial score (nSPS) is 38.5. The van der Waals surface area contributed by atoms with E-state index in [1.165, 1.54) is 25.7 Å². The molecule has 0 aromatic rings. The van der Waals surface area contributed by atoms with Crippen molar-refractivity contribution >= 4 is 36.2 Å². The molecule has 0 spiro atoms. The van der Waals surface area contributed by atoms with Crippen molar-refractivity contribution in [3.05, 3.63) is 0 Å². The molecule has 0 aromatic carbocycles. The fraction of sp³-hybridized carbons (Fsp3) is 1.00. The van der Waals surface area contributed by atoms with E-state index in [-0.39, 0.29) is 12.2 Å². The molecule has 1 saturated heterocycles. The third kappa shape index (κ3) is 5.31. The van der Waals surface area contributed by atoms with E-state index in [4.69, 9.17) is 25.3 Å². The van der Waals surface area contributed by atoms with Gasteiger partial charge in [0.05, 0.1) is 0 Å². The Bertz CT molecular complexity index is 384. The fourth-order valence-corrected chi connectivity index (χ4v) is 17.0. The van der Waals surface area contributed by atoms with E-state index in [1.807, 2.05) is 26.2 Å². The number of hydrogen-bond donors (Lipinski definition) is 0. The Balaban J connectivity index is 1.73. The molecular weight excluding hydrogens is 376 g/mol. The molecule has 2 saturated carbocycles. The molecule has 3 aliphatic rings. The van der Waals surface area contributed by atoms with E-state index in [0.29, 0.717) is 0 Å². The second-order valence-corrected chi connectivity index (χ2v) is 16.3. The molecule has 2 unspecified atom stereocenters. The summed E-state index contributed by atoms with van der Waals surface area (Å²) in [6.45, 7) is 7.97. The van der Waals surface area contributed by atoms with Crippen LogP contribution in [-0.4, -0.2) is 48.4 Å². The quantitative estimate of drug-likeness (QED) is 0.667. The van der Waals surface area contributed by atoms with E-state index < -0.39 is 36.2 Å². The van der Waals surface area contributed by atoms with Gasteiger partial charge in [-0.05, 0) is 38.8 Å². The van der Waals surface area contributed by atoms with Crippen molar-refractivity contribution in [2.24, 2.45) is 0 Å². The predicted molar refractivity (Wildman–Crippen MR) is 97.5 cm³/mol. The SMILES string of the molecule is C[Si]1O[Si](C)O[Si](C)(OC2CCCC2)O[Si](C)(OC2CCCC2)O1. The van der Waals surface area contributed by atoms with Gasteiger partial charge in [0, 0.05) is 25.3 Å². The molecule has 0 amide bonds. The molecule has 3 fully saturated rings. The zero-order chi connectivity index (χ0) is 17.2. The van der Waals surface area contributed by atoms with Gasteiger partial charge in [0.25, 0.3) is 0 Å². The van der Waals surface area contributed by atoms with Crippen molar-refractivity contribution in [3.8, 4) is 0 Å². The molecule has 1 aliphatic heterocycles. The Kier molecular flexibility index (Phi) is 6.55. The number of hydrogen-bond acceptors (Lipinski definition) is 6. The summed E-state index contributed by atoms with van der Waals surface area (Å²) in [6, 6.07) is 0. The van der Waals surface area contributed by atoms with Gasteiger partial charge in [-0.3, -0.25) is 0 Å². The van der Waals surface area contributed by atoms with Gasteiger partial charge in [-0.1, -0.05) is 25.7 Å². The highest BCUT2D eigenvalue weighted by atomic mass is 28.5. The lowest BCUT2D eigenvalue weighted by Crippen LogP contribution is -2.63. The smallest absolute Gasteiger partial charge is 0.414 e. The van der Waals surface area contributed by atoms with Gasteiger partial charge in [0.15, 0.2) is 0 Å². The highest BCUT2D eigenvalue weighted by molar-refractivity contribution is 6.82. The van der Waals surface area contributed by atoms with Gasteiger partial charge in [0.2, 0.25) is 0 Å². The Morgan fingerprint density at radius 3 is 1.50 bits per heavy atom. The Hall–Kier alpha value is 0.628. The van der Waals surface area contributed by atoms with Crippen molar-refractivity contribution < 1.29 is 25.3 Å². The highest BCUT2D eigenvalue weighted by Gasteiger charge is 2.54. The second-order valence-electron chi connectivity index (χ2n) is 7.16. The van der Waals surface area contributed by atoms with Crippen LogP contribution >= 0.6 is 0 Å². The Labute approximate surface area is 151 Å². The molecule has 138 valence electrons. The van der Waals surface area contributed by atoms with E-state index in [1.54, 1.807) is 0 Å². The zero-order valence-electron chi connectivity index (χ0n) is 15.3. The average Bonchev–Trinajstić information content (AvgIpc) is 3.09. The molecule has 0 N–H and O–H groups in total. The first-order valence-electron chi connectivity index (χ1n) is 9.15. The van der Waals surface area contributed by atoms with Crippen LogP contribution in [-0.2, 0) is 25.3 Å².